The first kappa shape index (κ1) is 38.8. The number of hydrogen-bond donors (Lipinski definition) is 3. The summed E-state index contributed by atoms with van der Waals surface area (Å²) in [7, 11) is 0. The van der Waals surface area contributed by atoms with Crippen molar-refractivity contribution in [3.63, 3.8) is 0 Å². The van der Waals surface area contributed by atoms with E-state index in [-0.39, 0.29) is 6.54 Å². The van der Waals surface area contributed by atoms with Crippen molar-refractivity contribution in [2.75, 3.05) is 19.8 Å². The van der Waals surface area contributed by atoms with Gasteiger partial charge in [0.1, 0.15) is 12.1 Å². The normalized spacial score (nSPS) is 12.3. The van der Waals surface area contributed by atoms with E-state index in [2.05, 4.69) is 67.8 Å². The molecule has 0 radical (unpaired) electrons. The van der Waals surface area contributed by atoms with E-state index in [1.165, 1.54) is 35.2 Å². The van der Waals surface area contributed by atoms with Crippen LogP contribution in [0.3, 0.4) is 0 Å². The Balaban J connectivity index is 0.000000248. The summed E-state index contributed by atoms with van der Waals surface area (Å²) in [5.41, 5.74) is 12.1. The SMILES string of the molecule is C1CCOC1.Cc1nc(CCc2cccc(CN)c2)cs1.Cc1nc(CCc2cccc(CNC(=O)NCC(=O)OC(C)(C)C)c2)cs1. The maximum atomic E-state index is 11.8. The number of ether oxygens (including phenoxy) is 2. The number of carbonyl (C=O) groups is 2. The third-order valence-corrected chi connectivity index (χ3v) is 8.63. The van der Waals surface area contributed by atoms with Crippen LogP contribution in [0.25, 0.3) is 0 Å². The van der Waals surface area contributed by atoms with E-state index in [1.807, 2.05) is 26.0 Å². The van der Waals surface area contributed by atoms with Gasteiger partial charge in [-0.1, -0.05) is 48.5 Å². The number of benzene rings is 2. The predicted octanol–water partition coefficient (Wildman–Crippen LogP) is 6.87. The highest BCUT2D eigenvalue weighted by Crippen LogP contribution is 2.14. The second-order valence-electron chi connectivity index (χ2n) is 12.5. The molecule has 0 spiro atoms. The Kier molecular flexibility index (Phi) is 16.7. The Morgan fingerprint density at radius 1 is 0.812 bits per heavy atom. The lowest BCUT2D eigenvalue weighted by Gasteiger charge is -2.19. The fourth-order valence-corrected chi connectivity index (χ4v) is 5.98. The van der Waals surface area contributed by atoms with Gasteiger partial charge in [0.05, 0.1) is 21.4 Å². The first-order valence-electron chi connectivity index (χ1n) is 16.5. The van der Waals surface area contributed by atoms with Crippen LogP contribution in [0.5, 0.6) is 0 Å². The first-order valence-corrected chi connectivity index (χ1v) is 18.2. The number of carbonyl (C=O) groups excluding carboxylic acids is 2. The average molecular weight is 694 g/mol. The van der Waals surface area contributed by atoms with E-state index >= 15 is 0 Å². The first-order chi connectivity index (χ1) is 23.0. The molecule has 0 bridgehead atoms. The van der Waals surface area contributed by atoms with Gasteiger partial charge in [-0.15, -0.1) is 22.7 Å². The number of hydrogen-bond acceptors (Lipinski definition) is 9. The molecule has 0 aliphatic carbocycles. The third-order valence-electron chi connectivity index (χ3n) is 6.98. The average Bonchev–Trinajstić information content (AvgIpc) is 3.86. The zero-order valence-corrected chi connectivity index (χ0v) is 30.6. The third kappa shape index (κ3) is 16.5. The van der Waals surface area contributed by atoms with Crippen molar-refractivity contribution < 1.29 is 19.1 Å². The fourth-order valence-electron chi connectivity index (χ4n) is 4.68. The summed E-state index contributed by atoms with van der Waals surface area (Å²) in [6.07, 6.45) is 6.41. The lowest BCUT2D eigenvalue weighted by Crippen LogP contribution is -2.40. The highest BCUT2D eigenvalue weighted by atomic mass is 32.1. The standard InChI is InChI=1S/C20H27N3O3S.C13H16N2S.C4H8O/c1-14-23-17(13-27-14)9-8-15-6-5-7-16(10-15)11-21-19(25)22-12-18(24)26-20(2,3)4;1-10-15-13(9-16-10)6-5-11-3-2-4-12(7-11)8-14;1-2-4-5-3-1/h5-7,10,13H,8-9,11-12H2,1-4H3,(H2,21,22,25);2-4,7,9H,5-6,8,14H2,1H3;1-4H2. The number of thiazole rings is 2. The summed E-state index contributed by atoms with van der Waals surface area (Å²) in [5, 5.41) is 11.7. The Morgan fingerprint density at radius 2 is 1.33 bits per heavy atom. The molecule has 0 atom stereocenters. The lowest BCUT2D eigenvalue weighted by atomic mass is 10.1. The van der Waals surface area contributed by atoms with Crippen molar-refractivity contribution in [3.8, 4) is 0 Å². The second kappa shape index (κ2) is 20.7. The van der Waals surface area contributed by atoms with E-state index in [0.717, 1.165) is 60.2 Å². The summed E-state index contributed by atoms with van der Waals surface area (Å²) in [5.74, 6) is -0.461. The maximum Gasteiger partial charge on any atom is 0.325 e. The second-order valence-corrected chi connectivity index (χ2v) is 14.6. The van der Waals surface area contributed by atoms with Crippen LogP contribution in [-0.2, 0) is 53.0 Å². The van der Waals surface area contributed by atoms with Crippen LogP contribution in [-0.4, -0.2) is 47.3 Å². The van der Waals surface area contributed by atoms with Crippen molar-refractivity contribution in [1.82, 2.24) is 20.6 Å². The van der Waals surface area contributed by atoms with Gasteiger partial charge in [0.15, 0.2) is 0 Å². The largest absolute Gasteiger partial charge is 0.459 e. The molecule has 260 valence electrons. The minimum absolute atomic E-state index is 0.157. The van der Waals surface area contributed by atoms with E-state index in [1.54, 1.807) is 43.4 Å². The molecule has 9 nitrogen and oxygen atoms in total. The van der Waals surface area contributed by atoms with Crippen LogP contribution in [0.2, 0.25) is 0 Å². The molecular formula is C37H51N5O4S2. The van der Waals surface area contributed by atoms with Gasteiger partial charge in [-0.2, -0.15) is 0 Å². The molecule has 2 amide bonds. The fraction of sp³-hybridized carbons (Fsp3) is 0.459. The highest BCUT2D eigenvalue weighted by Gasteiger charge is 2.16. The van der Waals surface area contributed by atoms with Crippen LogP contribution in [0.1, 0.15) is 77.3 Å². The van der Waals surface area contributed by atoms with Crippen molar-refractivity contribution in [3.05, 3.63) is 103 Å². The van der Waals surface area contributed by atoms with E-state index in [9.17, 15) is 9.59 Å². The number of nitrogens with one attached hydrogen (secondary N) is 2. The summed E-state index contributed by atoms with van der Waals surface area (Å²) in [6, 6.07) is 16.2. The van der Waals surface area contributed by atoms with Gasteiger partial charge >= 0.3 is 12.0 Å². The monoisotopic (exact) mass is 693 g/mol. The minimum Gasteiger partial charge on any atom is -0.459 e. The van der Waals surface area contributed by atoms with Gasteiger partial charge in [-0.3, -0.25) is 4.79 Å². The molecule has 1 aliphatic heterocycles. The highest BCUT2D eigenvalue weighted by molar-refractivity contribution is 7.09. The molecule has 1 saturated heterocycles. The molecule has 48 heavy (non-hydrogen) atoms. The van der Waals surface area contributed by atoms with Gasteiger partial charge in [0.25, 0.3) is 0 Å². The molecule has 0 unspecified atom stereocenters. The Bertz CT molecular complexity index is 1530. The number of amides is 2. The molecular weight excluding hydrogens is 643 g/mol. The molecule has 5 rings (SSSR count). The molecule has 1 aliphatic rings. The Morgan fingerprint density at radius 3 is 1.79 bits per heavy atom. The molecule has 3 heterocycles. The van der Waals surface area contributed by atoms with Gasteiger partial charge in [0.2, 0.25) is 0 Å². The van der Waals surface area contributed by atoms with Gasteiger partial charge < -0.3 is 25.8 Å². The molecule has 4 aromatic rings. The van der Waals surface area contributed by atoms with Gasteiger partial charge in [-0.05, 0) is 95.4 Å². The zero-order valence-electron chi connectivity index (χ0n) is 29.0. The summed E-state index contributed by atoms with van der Waals surface area (Å²) in [4.78, 5) is 32.4. The van der Waals surface area contributed by atoms with E-state index in [4.69, 9.17) is 15.2 Å². The van der Waals surface area contributed by atoms with Crippen LogP contribution in [0.15, 0.2) is 59.3 Å². The van der Waals surface area contributed by atoms with Crippen LogP contribution >= 0.6 is 22.7 Å². The van der Waals surface area contributed by atoms with Crippen molar-refractivity contribution in [2.24, 2.45) is 5.73 Å². The molecule has 2 aromatic carbocycles. The Hall–Kier alpha value is -3.64. The summed E-state index contributed by atoms with van der Waals surface area (Å²) >= 11 is 3.38. The van der Waals surface area contributed by atoms with Gasteiger partial charge in [0, 0.05) is 37.1 Å². The van der Waals surface area contributed by atoms with E-state index in [0.29, 0.717) is 13.1 Å². The predicted molar refractivity (Wildman–Crippen MR) is 195 cm³/mol. The molecule has 11 heteroatoms. The van der Waals surface area contributed by atoms with Gasteiger partial charge in [-0.25, -0.2) is 14.8 Å². The van der Waals surface area contributed by atoms with Crippen molar-refractivity contribution in [1.29, 1.82) is 0 Å². The quantitative estimate of drug-likeness (QED) is 0.146. The molecule has 2 aromatic heterocycles. The molecule has 0 saturated carbocycles. The number of aromatic nitrogens is 2. The van der Waals surface area contributed by atoms with Crippen molar-refractivity contribution in [2.45, 2.75) is 91.8 Å². The summed E-state index contributed by atoms with van der Waals surface area (Å²) < 4.78 is 10.1. The topological polar surface area (TPSA) is 128 Å². The molecule has 4 N–H and O–H groups in total. The van der Waals surface area contributed by atoms with Crippen LogP contribution < -0.4 is 16.4 Å². The van der Waals surface area contributed by atoms with Crippen LogP contribution in [0.4, 0.5) is 4.79 Å². The molecule has 1 fully saturated rings. The number of esters is 1. The van der Waals surface area contributed by atoms with E-state index < -0.39 is 17.6 Å². The number of urea groups is 1. The number of aryl methyl sites for hydroxylation is 6. The number of rotatable bonds is 11. The minimum atomic E-state index is -0.563. The zero-order chi connectivity index (χ0) is 34.8. The smallest absolute Gasteiger partial charge is 0.325 e. The van der Waals surface area contributed by atoms with Crippen LogP contribution in [0, 0.1) is 13.8 Å². The number of nitrogens with two attached hydrogens (primary N) is 1. The van der Waals surface area contributed by atoms with Crippen molar-refractivity contribution >= 4 is 34.7 Å². The lowest BCUT2D eigenvalue weighted by molar-refractivity contribution is -0.153. The number of nitrogens with zero attached hydrogens (tertiary/aromatic N) is 2. The Labute approximate surface area is 293 Å². The maximum absolute atomic E-state index is 11.8. The summed E-state index contributed by atoms with van der Waals surface area (Å²) in [6.45, 7) is 12.3.